The van der Waals surface area contributed by atoms with E-state index in [0.29, 0.717) is 6.04 Å². The van der Waals surface area contributed by atoms with Gasteiger partial charge in [-0.25, -0.2) is 0 Å². The van der Waals surface area contributed by atoms with Gasteiger partial charge in [-0.3, -0.25) is 4.90 Å². The fraction of sp³-hybridized carbons (Fsp3) is 1.00. The predicted octanol–water partition coefficient (Wildman–Crippen LogP) is 4.57. The van der Waals surface area contributed by atoms with Gasteiger partial charge in [0.2, 0.25) is 0 Å². The lowest BCUT2D eigenvalue weighted by atomic mass is 9.79. The molecule has 0 radical (unpaired) electrons. The Kier molecular flexibility index (Phi) is 8.13. The molecule has 3 unspecified atom stereocenters. The Morgan fingerprint density at radius 1 is 1.10 bits per heavy atom. The van der Waals surface area contributed by atoms with Gasteiger partial charge in [-0.05, 0) is 51.6 Å². The van der Waals surface area contributed by atoms with Crippen LogP contribution < -0.4 is 5.73 Å². The smallest absolute Gasteiger partial charge is 0.0329 e. The summed E-state index contributed by atoms with van der Waals surface area (Å²) >= 11 is 0. The molecule has 0 amide bonds. The number of likely N-dealkylation sites (tertiary alicyclic amines) is 1. The van der Waals surface area contributed by atoms with Crippen molar-refractivity contribution in [1.29, 1.82) is 0 Å². The largest absolute Gasteiger partial charge is 0.326 e. The molecule has 0 bridgehead atoms. The predicted molar refractivity (Wildman–Crippen MR) is 90.0 cm³/mol. The van der Waals surface area contributed by atoms with E-state index in [2.05, 4.69) is 32.6 Å². The van der Waals surface area contributed by atoms with Crippen molar-refractivity contribution in [3.63, 3.8) is 0 Å². The summed E-state index contributed by atoms with van der Waals surface area (Å²) in [5.74, 6) is 0.820. The van der Waals surface area contributed by atoms with Crippen molar-refractivity contribution in [2.75, 3.05) is 13.1 Å². The zero-order valence-corrected chi connectivity index (χ0v) is 14.5. The molecule has 2 nitrogen and oxygen atoms in total. The maximum Gasteiger partial charge on any atom is 0.0329 e. The van der Waals surface area contributed by atoms with Crippen LogP contribution in [0.25, 0.3) is 0 Å². The number of unbranched alkanes of at least 4 members (excludes halogenated alkanes) is 1. The molecule has 1 fully saturated rings. The monoisotopic (exact) mass is 282 g/mol. The number of nitrogens with two attached hydrogens (primary N) is 1. The minimum absolute atomic E-state index is 0.208. The zero-order valence-electron chi connectivity index (χ0n) is 14.5. The van der Waals surface area contributed by atoms with Crippen molar-refractivity contribution in [2.45, 2.75) is 97.1 Å². The number of hydrogen-bond donors (Lipinski definition) is 1. The van der Waals surface area contributed by atoms with E-state index in [0.717, 1.165) is 5.92 Å². The van der Waals surface area contributed by atoms with Gasteiger partial charge in [0.1, 0.15) is 0 Å². The summed E-state index contributed by atoms with van der Waals surface area (Å²) in [6.07, 6.45) is 11.8. The first kappa shape index (κ1) is 18.0. The highest BCUT2D eigenvalue weighted by atomic mass is 15.2. The van der Waals surface area contributed by atoms with Crippen LogP contribution in [0.2, 0.25) is 0 Å². The molecule has 0 aromatic rings. The second-order valence-corrected chi connectivity index (χ2v) is 7.02. The van der Waals surface area contributed by atoms with Crippen LogP contribution in [-0.2, 0) is 0 Å². The molecule has 3 atom stereocenters. The van der Waals surface area contributed by atoms with Gasteiger partial charge in [0.05, 0.1) is 0 Å². The first-order valence-electron chi connectivity index (χ1n) is 9.09. The summed E-state index contributed by atoms with van der Waals surface area (Å²) in [4.78, 5) is 2.69. The first-order chi connectivity index (χ1) is 9.58. The number of hydrogen-bond acceptors (Lipinski definition) is 2. The normalized spacial score (nSPS) is 23.2. The Bertz CT molecular complexity index is 248. The van der Waals surface area contributed by atoms with Crippen LogP contribution in [0.5, 0.6) is 0 Å². The molecule has 1 saturated heterocycles. The summed E-state index contributed by atoms with van der Waals surface area (Å²) in [5.41, 5.74) is 6.91. The van der Waals surface area contributed by atoms with Crippen LogP contribution in [-0.4, -0.2) is 29.6 Å². The van der Waals surface area contributed by atoms with Gasteiger partial charge in [0, 0.05) is 11.6 Å². The van der Waals surface area contributed by atoms with Crippen LogP contribution >= 0.6 is 0 Å². The summed E-state index contributed by atoms with van der Waals surface area (Å²) in [5, 5.41) is 0. The minimum Gasteiger partial charge on any atom is -0.326 e. The summed E-state index contributed by atoms with van der Waals surface area (Å²) in [7, 11) is 0. The Labute approximate surface area is 127 Å². The standard InChI is InChI=1S/C18H38N2/c1-5-8-12-16(6-2)15-17(19)18(4,7-3)20-13-10-9-11-14-20/h16-17H,5-15,19H2,1-4H3. The molecule has 0 spiro atoms. The van der Waals surface area contributed by atoms with E-state index in [4.69, 9.17) is 5.73 Å². The quantitative estimate of drug-likeness (QED) is 0.671. The van der Waals surface area contributed by atoms with E-state index in [1.807, 2.05) is 0 Å². The Morgan fingerprint density at radius 3 is 2.25 bits per heavy atom. The first-order valence-corrected chi connectivity index (χ1v) is 9.09. The second kappa shape index (κ2) is 9.04. The molecule has 0 aliphatic carbocycles. The van der Waals surface area contributed by atoms with Crippen LogP contribution in [0, 0.1) is 5.92 Å². The van der Waals surface area contributed by atoms with Crippen molar-refractivity contribution in [3.8, 4) is 0 Å². The van der Waals surface area contributed by atoms with Gasteiger partial charge in [-0.2, -0.15) is 0 Å². The number of nitrogens with zero attached hydrogens (tertiary/aromatic N) is 1. The molecule has 20 heavy (non-hydrogen) atoms. The van der Waals surface area contributed by atoms with Crippen molar-refractivity contribution in [2.24, 2.45) is 11.7 Å². The van der Waals surface area contributed by atoms with E-state index >= 15 is 0 Å². The third kappa shape index (κ3) is 4.73. The fourth-order valence-electron chi connectivity index (χ4n) is 3.72. The molecule has 2 N–H and O–H groups in total. The maximum atomic E-state index is 6.70. The van der Waals surface area contributed by atoms with E-state index in [-0.39, 0.29) is 5.54 Å². The molecule has 1 aliphatic rings. The maximum absolute atomic E-state index is 6.70. The number of rotatable bonds is 9. The molecule has 0 aromatic carbocycles. The third-order valence-corrected chi connectivity index (χ3v) is 5.72. The van der Waals surface area contributed by atoms with Crippen molar-refractivity contribution in [1.82, 2.24) is 4.90 Å². The summed E-state index contributed by atoms with van der Waals surface area (Å²) in [6, 6.07) is 0.326. The van der Waals surface area contributed by atoms with Crippen LogP contribution in [0.4, 0.5) is 0 Å². The molecule has 1 rings (SSSR count). The van der Waals surface area contributed by atoms with E-state index in [1.54, 1.807) is 0 Å². The van der Waals surface area contributed by atoms with E-state index < -0.39 is 0 Å². The average molecular weight is 283 g/mol. The van der Waals surface area contributed by atoms with Crippen LogP contribution in [0.3, 0.4) is 0 Å². The van der Waals surface area contributed by atoms with Crippen molar-refractivity contribution < 1.29 is 0 Å². The Morgan fingerprint density at radius 2 is 1.75 bits per heavy atom. The fourth-order valence-corrected chi connectivity index (χ4v) is 3.72. The third-order valence-electron chi connectivity index (χ3n) is 5.72. The van der Waals surface area contributed by atoms with Gasteiger partial charge in [0.25, 0.3) is 0 Å². The molecular weight excluding hydrogens is 244 g/mol. The molecule has 1 aliphatic heterocycles. The number of piperidine rings is 1. The second-order valence-electron chi connectivity index (χ2n) is 7.02. The highest BCUT2D eigenvalue weighted by Crippen LogP contribution is 2.31. The topological polar surface area (TPSA) is 29.3 Å². The summed E-state index contributed by atoms with van der Waals surface area (Å²) in [6.45, 7) is 11.9. The van der Waals surface area contributed by atoms with Crippen molar-refractivity contribution in [3.05, 3.63) is 0 Å². The Balaban J connectivity index is 2.61. The highest BCUT2D eigenvalue weighted by Gasteiger charge is 2.37. The van der Waals surface area contributed by atoms with Gasteiger partial charge in [-0.1, -0.05) is 52.9 Å². The lowest BCUT2D eigenvalue weighted by molar-refractivity contribution is 0.0465. The van der Waals surface area contributed by atoms with Crippen LogP contribution in [0.1, 0.15) is 85.5 Å². The lowest BCUT2D eigenvalue weighted by Crippen LogP contribution is -2.59. The zero-order chi connectivity index (χ0) is 15.0. The van der Waals surface area contributed by atoms with Crippen LogP contribution in [0.15, 0.2) is 0 Å². The molecule has 1 heterocycles. The lowest BCUT2D eigenvalue weighted by Gasteiger charge is -2.47. The van der Waals surface area contributed by atoms with E-state index in [1.165, 1.54) is 70.9 Å². The average Bonchev–Trinajstić information content (AvgIpc) is 2.51. The molecule has 0 saturated carbocycles. The van der Waals surface area contributed by atoms with Gasteiger partial charge >= 0.3 is 0 Å². The molecule has 120 valence electrons. The van der Waals surface area contributed by atoms with Crippen molar-refractivity contribution >= 4 is 0 Å². The Hall–Kier alpha value is -0.0800. The van der Waals surface area contributed by atoms with Gasteiger partial charge in [-0.15, -0.1) is 0 Å². The van der Waals surface area contributed by atoms with Gasteiger partial charge in [0.15, 0.2) is 0 Å². The molecule has 0 aromatic heterocycles. The van der Waals surface area contributed by atoms with Gasteiger partial charge < -0.3 is 5.73 Å². The SMILES string of the molecule is CCCCC(CC)CC(N)C(C)(CC)N1CCCCC1. The van der Waals surface area contributed by atoms with E-state index in [9.17, 15) is 0 Å². The molecular formula is C18H38N2. The summed E-state index contributed by atoms with van der Waals surface area (Å²) < 4.78 is 0. The molecule has 2 heteroatoms. The highest BCUT2D eigenvalue weighted by molar-refractivity contribution is 4.96. The minimum atomic E-state index is 0.208.